The van der Waals surface area contributed by atoms with Crippen molar-refractivity contribution >= 4 is 33.3 Å². The molecule has 0 radical (unpaired) electrons. The Morgan fingerprint density at radius 3 is 1.65 bits per heavy atom. The molecular formula is C39H36N2O14. The van der Waals surface area contributed by atoms with Crippen LogP contribution in [0.25, 0.3) is 21.9 Å². The molecule has 4 aromatic carbocycles. The van der Waals surface area contributed by atoms with E-state index in [0.717, 1.165) is 17.1 Å². The molecule has 0 saturated carbocycles. The van der Waals surface area contributed by atoms with Gasteiger partial charge in [0.15, 0.2) is 0 Å². The van der Waals surface area contributed by atoms with Gasteiger partial charge >= 0.3 is 22.6 Å². The highest BCUT2D eigenvalue weighted by Gasteiger charge is 2.27. The van der Waals surface area contributed by atoms with Crippen molar-refractivity contribution in [1.82, 2.24) is 0 Å². The molecule has 0 bridgehead atoms. The molecule has 0 unspecified atom stereocenters. The van der Waals surface area contributed by atoms with Gasteiger partial charge in [0.05, 0.1) is 47.0 Å². The lowest BCUT2D eigenvalue weighted by Crippen LogP contribution is -2.08. The number of para-hydroxylation sites is 2. The third-order valence-corrected chi connectivity index (χ3v) is 8.04. The number of aromatic hydroxyl groups is 2. The van der Waals surface area contributed by atoms with Crippen LogP contribution in [0.4, 0.5) is 11.4 Å². The fourth-order valence-electron chi connectivity index (χ4n) is 5.44. The number of hydrogen-bond donors (Lipinski definition) is 2. The molecule has 0 aliphatic carbocycles. The van der Waals surface area contributed by atoms with Crippen LogP contribution >= 0.6 is 0 Å². The highest BCUT2D eigenvalue weighted by Crippen LogP contribution is 2.37. The number of benzene rings is 4. The van der Waals surface area contributed by atoms with Gasteiger partial charge in [-0.2, -0.15) is 0 Å². The summed E-state index contributed by atoms with van der Waals surface area (Å²) in [6, 6.07) is 24.9. The van der Waals surface area contributed by atoms with Crippen molar-refractivity contribution in [2.75, 3.05) is 26.4 Å². The first-order chi connectivity index (χ1) is 26.5. The van der Waals surface area contributed by atoms with Gasteiger partial charge in [0.2, 0.25) is 11.5 Å². The molecule has 0 amide bonds. The largest absolute Gasteiger partial charge is 0.501 e. The summed E-state index contributed by atoms with van der Waals surface area (Å²) < 4.78 is 32.6. The Bertz CT molecular complexity index is 2410. The Hall–Kier alpha value is -7.10. The number of aryl methyl sites for hydroxylation is 2. The minimum absolute atomic E-state index is 0.0265. The average molecular weight is 757 g/mol. The van der Waals surface area contributed by atoms with Gasteiger partial charge in [0, 0.05) is 25.0 Å². The Balaban J connectivity index is 0.000000211. The van der Waals surface area contributed by atoms with E-state index >= 15 is 0 Å². The second-order valence-corrected chi connectivity index (χ2v) is 11.8. The zero-order valence-electron chi connectivity index (χ0n) is 29.7. The molecule has 286 valence electrons. The van der Waals surface area contributed by atoms with Crippen LogP contribution in [0.15, 0.2) is 103 Å². The third-order valence-electron chi connectivity index (χ3n) is 8.04. The number of hydrogen-bond acceptors (Lipinski definition) is 14. The third kappa shape index (κ3) is 9.67. The molecule has 0 saturated heterocycles. The number of nitro groups is 2. The summed E-state index contributed by atoms with van der Waals surface area (Å²) >= 11 is 0. The molecule has 2 aromatic heterocycles. The molecule has 2 heterocycles. The topological polar surface area (TPSA) is 224 Å². The summed E-state index contributed by atoms with van der Waals surface area (Å²) in [5.41, 5.74) is -3.08. The molecule has 16 heteroatoms. The Kier molecular flexibility index (Phi) is 12.9. The predicted octanol–water partition coefficient (Wildman–Crippen LogP) is 7.38. The molecule has 0 aliphatic rings. The zero-order valence-corrected chi connectivity index (χ0v) is 29.7. The predicted molar refractivity (Wildman–Crippen MR) is 200 cm³/mol. The van der Waals surface area contributed by atoms with E-state index in [1.165, 1.54) is 18.2 Å². The first-order valence-electron chi connectivity index (χ1n) is 17.0. The van der Waals surface area contributed by atoms with Crippen LogP contribution in [0.3, 0.4) is 0 Å². The number of rotatable bonds is 15. The smallest absolute Gasteiger partial charge is 0.419 e. The van der Waals surface area contributed by atoms with Crippen LogP contribution < -0.4 is 30.2 Å². The van der Waals surface area contributed by atoms with Crippen molar-refractivity contribution in [3.05, 3.63) is 137 Å². The van der Waals surface area contributed by atoms with Gasteiger partial charge in [-0.25, -0.2) is 9.59 Å². The highest BCUT2D eigenvalue weighted by molar-refractivity contribution is 5.90. The molecular weight excluding hydrogens is 720 g/mol. The van der Waals surface area contributed by atoms with Crippen molar-refractivity contribution in [3.63, 3.8) is 0 Å². The fourth-order valence-corrected chi connectivity index (χ4v) is 5.44. The molecule has 55 heavy (non-hydrogen) atoms. The second kappa shape index (κ2) is 18.1. The summed E-state index contributed by atoms with van der Waals surface area (Å²) in [4.78, 5) is 43.5. The number of ether oxygens (including phenoxy) is 4. The van der Waals surface area contributed by atoms with Gasteiger partial charge in [-0.15, -0.1) is 0 Å². The van der Waals surface area contributed by atoms with Crippen LogP contribution in [-0.2, 0) is 6.42 Å². The van der Waals surface area contributed by atoms with Gasteiger partial charge < -0.3 is 38.0 Å². The van der Waals surface area contributed by atoms with Crippen LogP contribution in [0.2, 0.25) is 0 Å². The SMILES string of the molecule is CCc1cc2c(O)c([N+](=O)[O-])c(=O)oc2cc1OCCCOc1ccccc1.Cc1cc(OCCCOc2ccccc2)cc2oc(=O)c([N+](=O)[O-])c(O)c12. The van der Waals surface area contributed by atoms with E-state index in [1.807, 2.05) is 67.6 Å². The summed E-state index contributed by atoms with van der Waals surface area (Å²) in [6.45, 7) is 5.20. The lowest BCUT2D eigenvalue weighted by molar-refractivity contribution is -0.388. The van der Waals surface area contributed by atoms with E-state index in [4.69, 9.17) is 27.8 Å². The van der Waals surface area contributed by atoms with Crippen LogP contribution in [0.1, 0.15) is 30.9 Å². The van der Waals surface area contributed by atoms with Crippen LogP contribution in [0.5, 0.6) is 34.5 Å². The standard InChI is InChI=1S/C20H19NO7.C19H17NO7/c1-2-13-11-15-17(28-20(23)18(19(15)22)21(24)25)12-16(13)27-10-6-9-26-14-7-4-3-5-8-14;1-12-10-14(26-9-5-8-25-13-6-3-2-4-7-13)11-15-16(12)18(21)17(20(23)24)19(22)27-15/h3-5,7-8,11-12,22H,2,6,9-10H2,1H3;2-4,6-7,10-11,21H,5,8-9H2,1H3. The van der Waals surface area contributed by atoms with Crippen LogP contribution in [0, 0.1) is 27.2 Å². The van der Waals surface area contributed by atoms with E-state index in [0.29, 0.717) is 62.8 Å². The summed E-state index contributed by atoms with van der Waals surface area (Å²) in [6.07, 6.45) is 1.82. The van der Waals surface area contributed by atoms with E-state index in [9.17, 15) is 40.0 Å². The molecule has 6 aromatic rings. The lowest BCUT2D eigenvalue weighted by atomic mass is 10.1. The van der Waals surface area contributed by atoms with Crippen molar-refractivity contribution in [2.45, 2.75) is 33.1 Å². The zero-order chi connectivity index (χ0) is 39.5. The quantitative estimate of drug-likeness (QED) is 0.0451. The van der Waals surface area contributed by atoms with Crippen molar-refractivity contribution in [1.29, 1.82) is 0 Å². The van der Waals surface area contributed by atoms with E-state index in [2.05, 4.69) is 0 Å². The monoisotopic (exact) mass is 756 g/mol. The summed E-state index contributed by atoms with van der Waals surface area (Å²) in [7, 11) is 0. The van der Waals surface area contributed by atoms with E-state index in [1.54, 1.807) is 13.0 Å². The lowest BCUT2D eigenvalue weighted by Gasteiger charge is -2.12. The van der Waals surface area contributed by atoms with Gasteiger partial charge in [-0.1, -0.05) is 43.3 Å². The molecule has 2 N–H and O–H groups in total. The van der Waals surface area contributed by atoms with E-state index < -0.39 is 44.0 Å². The molecule has 0 fully saturated rings. The normalized spacial score (nSPS) is 10.7. The van der Waals surface area contributed by atoms with Crippen molar-refractivity contribution in [3.8, 4) is 34.5 Å². The Labute approximate surface area is 312 Å². The molecule has 6 rings (SSSR count). The molecule has 16 nitrogen and oxygen atoms in total. The van der Waals surface area contributed by atoms with Crippen molar-refractivity contribution in [2.24, 2.45) is 0 Å². The maximum atomic E-state index is 11.8. The summed E-state index contributed by atoms with van der Waals surface area (Å²) in [5, 5.41) is 42.3. The Morgan fingerprint density at radius 2 is 1.13 bits per heavy atom. The fraction of sp³-hybridized carbons (Fsp3) is 0.231. The number of fused-ring (bicyclic) bond motifs is 2. The maximum Gasteiger partial charge on any atom is 0.419 e. The average Bonchev–Trinajstić information content (AvgIpc) is 3.15. The molecule has 0 spiro atoms. The van der Waals surface area contributed by atoms with Gasteiger partial charge in [-0.3, -0.25) is 20.2 Å². The van der Waals surface area contributed by atoms with Gasteiger partial charge in [-0.05, 0) is 60.9 Å². The number of nitrogens with zero attached hydrogens (tertiary/aromatic N) is 2. The first-order valence-corrected chi connectivity index (χ1v) is 17.0. The van der Waals surface area contributed by atoms with Gasteiger partial charge in [0.1, 0.15) is 34.2 Å². The van der Waals surface area contributed by atoms with Crippen molar-refractivity contribution < 1.29 is 47.8 Å². The first kappa shape index (κ1) is 39.1. The second-order valence-electron chi connectivity index (χ2n) is 11.8. The Morgan fingerprint density at radius 1 is 0.636 bits per heavy atom. The van der Waals surface area contributed by atoms with Crippen LogP contribution in [-0.4, -0.2) is 46.5 Å². The minimum atomic E-state index is -1.21. The van der Waals surface area contributed by atoms with E-state index in [-0.39, 0.29) is 21.9 Å². The molecule has 0 aliphatic heterocycles. The summed E-state index contributed by atoms with van der Waals surface area (Å²) in [5.74, 6) is 1.07. The molecule has 0 atom stereocenters. The minimum Gasteiger partial charge on any atom is -0.501 e. The van der Waals surface area contributed by atoms with Gasteiger partial charge in [0.25, 0.3) is 0 Å². The highest BCUT2D eigenvalue weighted by atomic mass is 16.6. The maximum absolute atomic E-state index is 11.8.